The van der Waals surface area contributed by atoms with Gasteiger partial charge in [-0.15, -0.1) is 10.2 Å². The summed E-state index contributed by atoms with van der Waals surface area (Å²) in [6, 6.07) is 22.7. The van der Waals surface area contributed by atoms with Crippen molar-refractivity contribution in [1.29, 1.82) is 0 Å². The zero-order valence-corrected chi connectivity index (χ0v) is 20.5. The Balaban J connectivity index is 1.55. The van der Waals surface area contributed by atoms with E-state index in [-0.39, 0.29) is 11.7 Å². The highest BCUT2D eigenvalue weighted by Crippen LogP contribution is 2.29. The van der Waals surface area contributed by atoms with Gasteiger partial charge in [-0.25, -0.2) is 0 Å². The number of halogens is 2. The fraction of sp³-hybridized carbons (Fsp3) is 0.160. The Hall–Kier alpha value is -2.80. The van der Waals surface area contributed by atoms with Gasteiger partial charge in [0.2, 0.25) is 5.91 Å². The number of amides is 1. The van der Waals surface area contributed by atoms with Gasteiger partial charge in [-0.1, -0.05) is 60.9 Å². The summed E-state index contributed by atoms with van der Waals surface area (Å²) in [7, 11) is 0. The first-order valence-electron chi connectivity index (χ1n) is 10.4. The summed E-state index contributed by atoms with van der Waals surface area (Å²) < 4.78 is 1.91. The number of thioether (sulfide) groups is 1. The van der Waals surface area contributed by atoms with E-state index in [1.165, 1.54) is 17.3 Å². The Kier molecular flexibility index (Phi) is 7.38. The summed E-state index contributed by atoms with van der Waals surface area (Å²) in [6.07, 6.45) is 0. The Labute approximate surface area is 207 Å². The van der Waals surface area contributed by atoms with E-state index < -0.39 is 0 Å². The summed E-state index contributed by atoms with van der Waals surface area (Å²) in [5.41, 5.74) is 3.71. The molecule has 0 radical (unpaired) electrons. The number of aromatic nitrogens is 3. The minimum absolute atomic E-state index is 0.115. The van der Waals surface area contributed by atoms with Crippen LogP contribution in [0.1, 0.15) is 25.3 Å². The molecule has 0 aliphatic rings. The van der Waals surface area contributed by atoms with Crippen LogP contribution in [0.15, 0.2) is 78.0 Å². The second kappa shape index (κ2) is 10.4. The second-order valence-electron chi connectivity index (χ2n) is 7.74. The number of benzene rings is 3. The highest BCUT2D eigenvalue weighted by molar-refractivity contribution is 7.99. The normalized spacial score (nSPS) is 11.1. The molecule has 1 amide bonds. The van der Waals surface area contributed by atoms with Crippen LogP contribution in [0, 0.1) is 0 Å². The molecular weight excluding hydrogens is 475 g/mol. The Morgan fingerprint density at radius 1 is 0.909 bits per heavy atom. The highest BCUT2D eigenvalue weighted by atomic mass is 35.5. The molecule has 3 aromatic carbocycles. The maximum atomic E-state index is 12.6. The molecule has 0 spiro atoms. The van der Waals surface area contributed by atoms with E-state index in [1.54, 1.807) is 0 Å². The first-order chi connectivity index (χ1) is 15.9. The standard InChI is InChI=1S/C25H22Cl2N4OS/c1-16(2)17-5-11-21(12-6-17)28-23(32)15-33-25-30-29-24(18-3-7-19(26)8-4-18)31(25)22-13-9-20(27)10-14-22/h3-14,16H,15H2,1-2H3,(H,28,32). The molecule has 0 fully saturated rings. The van der Waals surface area contributed by atoms with Crippen molar-refractivity contribution in [2.24, 2.45) is 0 Å². The smallest absolute Gasteiger partial charge is 0.234 e. The third kappa shape index (κ3) is 5.77. The van der Waals surface area contributed by atoms with Crippen LogP contribution in [-0.4, -0.2) is 26.4 Å². The van der Waals surface area contributed by atoms with Crippen molar-refractivity contribution in [3.63, 3.8) is 0 Å². The predicted octanol–water partition coefficient (Wildman–Crippen LogP) is 7.10. The van der Waals surface area contributed by atoms with Gasteiger partial charge in [0, 0.05) is 27.0 Å². The quantitative estimate of drug-likeness (QED) is 0.277. The SMILES string of the molecule is CC(C)c1ccc(NC(=O)CSc2nnc(-c3ccc(Cl)cc3)n2-c2ccc(Cl)cc2)cc1. The maximum absolute atomic E-state index is 12.6. The molecule has 5 nitrogen and oxygen atoms in total. The number of carbonyl (C=O) groups is 1. The topological polar surface area (TPSA) is 59.8 Å². The monoisotopic (exact) mass is 496 g/mol. The van der Waals surface area contributed by atoms with Crippen LogP contribution in [0.3, 0.4) is 0 Å². The zero-order valence-electron chi connectivity index (χ0n) is 18.1. The van der Waals surface area contributed by atoms with E-state index in [2.05, 4.69) is 29.4 Å². The van der Waals surface area contributed by atoms with Crippen LogP contribution < -0.4 is 5.32 Å². The van der Waals surface area contributed by atoms with Gasteiger partial charge in [-0.3, -0.25) is 9.36 Å². The van der Waals surface area contributed by atoms with E-state index in [9.17, 15) is 4.79 Å². The van der Waals surface area contributed by atoms with Crippen LogP contribution in [0.5, 0.6) is 0 Å². The maximum Gasteiger partial charge on any atom is 0.234 e. The van der Waals surface area contributed by atoms with Gasteiger partial charge in [0.15, 0.2) is 11.0 Å². The van der Waals surface area contributed by atoms with E-state index in [0.717, 1.165) is 16.9 Å². The third-order valence-corrected chi connectivity index (χ3v) is 6.45. The van der Waals surface area contributed by atoms with Gasteiger partial charge in [0.1, 0.15) is 0 Å². The van der Waals surface area contributed by atoms with Crippen molar-refractivity contribution in [2.45, 2.75) is 24.9 Å². The molecule has 0 atom stereocenters. The largest absolute Gasteiger partial charge is 0.325 e. The fourth-order valence-electron chi connectivity index (χ4n) is 3.25. The molecular formula is C25H22Cl2N4OS. The number of rotatable bonds is 7. The second-order valence-corrected chi connectivity index (χ2v) is 9.55. The van der Waals surface area contributed by atoms with Gasteiger partial charge in [-0.2, -0.15) is 0 Å². The molecule has 4 rings (SSSR count). The average Bonchev–Trinajstić information content (AvgIpc) is 3.23. The van der Waals surface area contributed by atoms with Crippen LogP contribution >= 0.6 is 35.0 Å². The van der Waals surface area contributed by atoms with Crippen LogP contribution in [-0.2, 0) is 4.79 Å². The third-order valence-electron chi connectivity index (χ3n) is 5.01. The molecule has 1 aromatic heterocycles. The number of nitrogens with one attached hydrogen (secondary N) is 1. The van der Waals surface area contributed by atoms with Crippen LogP contribution in [0.4, 0.5) is 5.69 Å². The molecule has 1 heterocycles. The molecule has 1 N–H and O–H groups in total. The zero-order chi connectivity index (χ0) is 23.4. The lowest BCUT2D eigenvalue weighted by atomic mass is 10.0. The van der Waals surface area contributed by atoms with Crippen molar-refractivity contribution in [1.82, 2.24) is 14.8 Å². The fourth-order valence-corrected chi connectivity index (χ4v) is 4.25. The lowest BCUT2D eigenvalue weighted by Gasteiger charge is -2.11. The molecule has 0 aliphatic carbocycles. The van der Waals surface area contributed by atoms with Crippen molar-refractivity contribution < 1.29 is 4.79 Å². The molecule has 0 unspecified atom stereocenters. The molecule has 4 aromatic rings. The number of carbonyl (C=O) groups excluding carboxylic acids is 1. The van der Waals surface area contributed by atoms with Crippen molar-refractivity contribution in [3.8, 4) is 17.1 Å². The lowest BCUT2D eigenvalue weighted by Crippen LogP contribution is -2.14. The van der Waals surface area contributed by atoms with Crippen LogP contribution in [0.2, 0.25) is 10.0 Å². The molecule has 168 valence electrons. The summed E-state index contributed by atoms with van der Waals surface area (Å²) >= 11 is 13.4. The lowest BCUT2D eigenvalue weighted by molar-refractivity contribution is -0.113. The van der Waals surface area contributed by atoms with Crippen LogP contribution in [0.25, 0.3) is 17.1 Å². The molecule has 0 bridgehead atoms. The van der Waals surface area contributed by atoms with Crippen molar-refractivity contribution >= 4 is 46.6 Å². The molecule has 33 heavy (non-hydrogen) atoms. The minimum atomic E-state index is -0.115. The average molecular weight is 497 g/mol. The first-order valence-corrected chi connectivity index (χ1v) is 12.1. The Morgan fingerprint density at radius 3 is 2.12 bits per heavy atom. The van der Waals surface area contributed by atoms with E-state index in [1.807, 2.05) is 77.4 Å². The number of anilines is 1. The van der Waals surface area contributed by atoms with Gasteiger partial charge >= 0.3 is 0 Å². The van der Waals surface area contributed by atoms with E-state index in [0.29, 0.717) is 26.9 Å². The van der Waals surface area contributed by atoms with E-state index >= 15 is 0 Å². The van der Waals surface area contributed by atoms with Gasteiger partial charge in [0.25, 0.3) is 0 Å². The number of hydrogen-bond acceptors (Lipinski definition) is 4. The predicted molar refractivity (Wildman–Crippen MR) is 137 cm³/mol. The highest BCUT2D eigenvalue weighted by Gasteiger charge is 2.17. The first kappa shape index (κ1) is 23.4. The van der Waals surface area contributed by atoms with Crippen molar-refractivity contribution in [3.05, 3.63) is 88.4 Å². The summed E-state index contributed by atoms with van der Waals surface area (Å²) in [4.78, 5) is 12.6. The molecule has 0 aliphatic heterocycles. The number of nitrogens with zero attached hydrogens (tertiary/aromatic N) is 3. The molecule has 0 saturated carbocycles. The minimum Gasteiger partial charge on any atom is -0.325 e. The van der Waals surface area contributed by atoms with E-state index in [4.69, 9.17) is 23.2 Å². The van der Waals surface area contributed by atoms with Gasteiger partial charge in [-0.05, 0) is 72.1 Å². The molecule has 0 saturated heterocycles. The summed E-state index contributed by atoms with van der Waals surface area (Å²) in [5, 5.41) is 13.6. The summed E-state index contributed by atoms with van der Waals surface area (Å²) in [5.74, 6) is 1.18. The Morgan fingerprint density at radius 2 is 1.52 bits per heavy atom. The molecule has 8 heteroatoms. The number of hydrogen-bond donors (Lipinski definition) is 1. The Bertz CT molecular complexity index is 1240. The van der Waals surface area contributed by atoms with Crippen molar-refractivity contribution in [2.75, 3.05) is 11.1 Å². The van der Waals surface area contributed by atoms with Gasteiger partial charge in [0.05, 0.1) is 5.75 Å². The summed E-state index contributed by atoms with van der Waals surface area (Å²) in [6.45, 7) is 4.28. The van der Waals surface area contributed by atoms with Gasteiger partial charge < -0.3 is 5.32 Å².